The van der Waals surface area contributed by atoms with Crippen molar-refractivity contribution in [2.75, 3.05) is 36.9 Å². The maximum atomic E-state index is 13.1. The maximum Gasteiger partial charge on any atom is 0.243 e. The second kappa shape index (κ2) is 8.69. The van der Waals surface area contributed by atoms with Crippen LogP contribution in [-0.2, 0) is 17.6 Å². The lowest BCUT2D eigenvalue weighted by atomic mass is 10.1. The van der Waals surface area contributed by atoms with Crippen molar-refractivity contribution in [1.29, 1.82) is 0 Å². The topological polar surface area (TPSA) is 102 Å². The van der Waals surface area contributed by atoms with Gasteiger partial charge in [-0.05, 0) is 58.0 Å². The number of hydrogen-bond acceptors (Lipinski definition) is 7. The Morgan fingerprint density at radius 1 is 1.19 bits per heavy atom. The summed E-state index contributed by atoms with van der Waals surface area (Å²) in [6.45, 7) is 7.04. The minimum atomic E-state index is -0.203. The highest BCUT2D eigenvalue weighted by molar-refractivity contribution is 5.85. The number of aromatic nitrogens is 4. The number of fused-ring (bicyclic) bond motifs is 1. The summed E-state index contributed by atoms with van der Waals surface area (Å²) in [6.07, 6.45) is 5.84. The number of amides is 1. The first-order valence-electron chi connectivity index (χ1n) is 12.0. The Balaban J connectivity index is 1.37. The van der Waals surface area contributed by atoms with Crippen molar-refractivity contribution in [3.8, 4) is 0 Å². The molecule has 2 atom stereocenters. The van der Waals surface area contributed by atoms with Gasteiger partial charge in [0.25, 0.3) is 0 Å². The van der Waals surface area contributed by atoms with E-state index in [1.54, 1.807) is 0 Å². The number of nitrogens with zero attached hydrogens (tertiary/aromatic N) is 5. The van der Waals surface area contributed by atoms with Crippen molar-refractivity contribution in [1.82, 2.24) is 30.4 Å². The molecular formula is C23H34N8O. The van der Waals surface area contributed by atoms with E-state index in [0.717, 1.165) is 81.2 Å². The van der Waals surface area contributed by atoms with E-state index in [1.807, 2.05) is 6.07 Å². The number of rotatable bonds is 6. The fourth-order valence-electron chi connectivity index (χ4n) is 5.10. The molecule has 0 saturated carbocycles. The summed E-state index contributed by atoms with van der Waals surface area (Å²) in [7, 11) is 2.10. The Hall–Kier alpha value is -2.68. The highest BCUT2D eigenvalue weighted by Crippen LogP contribution is 2.32. The third-order valence-corrected chi connectivity index (χ3v) is 6.94. The molecule has 0 bridgehead atoms. The molecule has 1 unspecified atom stereocenters. The minimum absolute atomic E-state index is 0.107. The van der Waals surface area contributed by atoms with Crippen molar-refractivity contribution >= 4 is 23.5 Å². The number of aryl methyl sites for hydroxylation is 1. The monoisotopic (exact) mass is 438 g/mol. The third kappa shape index (κ3) is 4.18. The van der Waals surface area contributed by atoms with Gasteiger partial charge in [-0.3, -0.25) is 9.89 Å². The van der Waals surface area contributed by atoms with E-state index >= 15 is 0 Å². The standard InChI is InChI=1S/C23H34N8O/c1-14(2)18-12-20(29-28-18)26-21-16-6-4-7-17(16)25-23(27-21)31-10-5-8-19(31)22(32)24-15-9-11-30(3)13-15/h12,14-15,19H,4-11,13H2,1-3H3,(H,24,32)(H2,25,26,27,28,29)/t15?,19-/m0/s1. The van der Waals surface area contributed by atoms with Crippen LogP contribution in [0.4, 0.5) is 17.6 Å². The van der Waals surface area contributed by atoms with Crippen LogP contribution in [0.25, 0.3) is 0 Å². The zero-order valence-electron chi connectivity index (χ0n) is 19.3. The predicted octanol–water partition coefficient (Wildman–Crippen LogP) is 2.34. The molecule has 9 nitrogen and oxygen atoms in total. The van der Waals surface area contributed by atoms with Gasteiger partial charge in [-0.15, -0.1) is 0 Å². The molecule has 5 rings (SSSR count). The molecule has 3 N–H and O–H groups in total. The second-order valence-electron chi connectivity index (χ2n) is 9.75. The average molecular weight is 439 g/mol. The number of likely N-dealkylation sites (N-methyl/N-ethyl adjacent to an activating group) is 1. The Kier molecular flexibility index (Phi) is 5.75. The van der Waals surface area contributed by atoms with Gasteiger partial charge >= 0.3 is 0 Å². The first-order valence-corrected chi connectivity index (χ1v) is 12.0. The average Bonchev–Trinajstić information content (AvgIpc) is 3.54. The van der Waals surface area contributed by atoms with Crippen LogP contribution in [0.15, 0.2) is 6.07 Å². The van der Waals surface area contributed by atoms with Gasteiger partial charge in [0.15, 0.2) is 5.82 Å². The number of likely N-dealkylation sites (tertiary alicyclic amines) is 1. The summed E-state index contributed by atoms with van der Waals surface area (Å²) < 4.78 is 0. The van der Waals surface area contributed by atoms with Crippen LogP contribution in [0.1, 0.15) is 62.4 Å². The number of H-pyrrole nitrogens is 1. The number of carbonyl (C=O) groups excluding carboxylic acids is 1. The van der Waals surface area contributed by atoms with Crippen molar-refractivity contribution in [3.63, 3.8) is 0 Å². The van der Waals surface area contributed by atoms with Gasteiger partial charge in [-0.2, -0.15) is 10.1 Å². The van der Waals surface area contributed by atoms with Gasteiger partial charge in [0, 0.05) is 36.5 Å². The largest absolute Gasteiger partial charge is 0.350 e. The normalized spacial score (nSPS) is 23.2. The maximum absolute atomic E-state index is 13.1. The van der Waals surface area contributed by atoms with Crippen molar-refractivity contribution in [2.24, 2.45) is 0 Å². The van der Waals surface area contributed by atoms with Gasteiger partial charge in [0.1, 0.15) is 11.9 Å². The van der Waals surface area contributed by atoms with Gasteiger partial charge in [-0.25, -0.2) is 4.98 Å². The lowest BCUT2D eigenvalue weighted by molar-refractivity contribution is -0.122. The Morgan fingerprint density at radius 3 is 2.81 bits per heavy atom. The molecular weight excluding hydrogens is 404 g/mol. The predicted molar refractivity (Wildman–Crippen MR) is 124 cm³/mol. The summed E-state index contributed by atoms with van der Waals surface area (Å²) in [4.78, 5) is 27.3. The second-order valence-corrected chi connectivity index (χ2v) is 9.75. The summed E-state index contributed by atoms with van der Waals surface area (Å²) in [5.41, 5.74) is 3.37. The van der Waals surface area contributed by atoms with Gasteiger partial charge in [0.05, 0.1) is 5.69 Å². The molecule has 2 aromatic rings. The van der Waals surface area contributed by atoms with Gasteiger partial charge in [-0.1, -0.05) is 13.8 Å². The van der Waals surface area contributed by atoms with Crippen LogP contribution in [-0.4, -0.2) is 69.7 Å². The van der Waals surface area contributed by atoms with Gasteiger partial charge in [0.2, 0.25) is 11.9 Å². The lowest BCUT2D eigenvalue weighted by Crippen LogP contribution is -2.48. The van der Waals surface area contributed by atoms with Crippen LogP contribution in [0.3, 0.4) is 0 Å². The summed E-state index contributed by atoms with van der Waals surface area (Å²) in [5, 5.41) is 14.2. The first-order chi connectivity index (χ1) is 15.5. The number of anilines is 3. The zero-order valence-corrected chi connectivity index (χ0v) is 19.3. The summed E-state index contributed by atoms with van der Waals surface area (Å²) in [5.74, 6) is 2.75. The quantitative estimate of drug-likeness (QED) is 0.636. The van der Waals surface area contributed by atoms with Crippen LogP contribution in [0.5, 0.6) is 0 Å². The fraction of sp³-hybridized carbons (Fsp3) is 0.652. The molecule has 1 aliphatic carbocycles. The van der Waals surface area contributed by atoms with E-state index < -0.39 is 0 Å². The van der Waals surface area contributed by atoms with E-state index in [0.29, 0.717) is 11.9 Å². The molecule has 2 aromatic heterocycles. The Morgan fingerprint density at radius 2 is 2.06 bits per heavy atom. The molecule has 3 aliphatic rings. The van der Waals surface area contributed by atoms with E-state index in [2.05, 4.69) is 51.5 Å². The molecule has 2 aliphatic heterocycles. The zero-order chi connectivity index (χ0) is 22.2. The number of hydrogen-bond donors (Lipinski definition) is 3. The first kappa shape index (κ1) is 21.2. The smallest absolute Gasteiger partial charge is 0.243 e. The number of aromatic amines is 1. The highest BCUT2D eigenvalue weighted by atomic mass is 16.2. The molecule has 0 aromatic carbocycles. The van der Waals surface area contributed by atoms with Crippen LogP contribution >= 0.6 is 0 Å². The molecule has 2 saturated heterocycles. The molecule has 1 amide bonds. The van der Waals surface area contributed by atoms with E-state index in [4.69, 9.17) is 9.97 Å². The van der Waals surface area contributed by atoms with E-state index in [9.17, 15) is 4.79 Å². The van der Waals surface area contributed by atoms with Gasteiger partial charge < -0.3 is 20.4 Å². The fourth-order valence-corrected chi connectivity index (χ4v) is 5.10. The van der Waals surface area contributed by atoms with Crippen LogP contribution in [0.2, 0.25) is 0 Å². The third-order valence-electron chi connectivity index (χ3n) is 6.94. The molecule has 0 radical (unpaired) electrons. The van der Waals surface area contributed by atoms with E-state index in [1.165, 1.54) is 5.56 Å². The minimum Gasteiger partial charge on any atom is -0.350 e. The molecule has 9 heteroatoms. The highest BCUT2D eigenvalue weighted by Gasteiger charge is 2.35. The Bertz CT molecular complexity index is 986. The molecule has 0 spiro atoms. The molecule has 2 fully saturated rings. The molecule has 4 heterocycles. The molecule has 32 heavy (non-hydrogen) atoms. The number of carbonyl (C=O) groups is 1. The SMILES string of the molecule is CC(C)c1cc(Nc2nc(N3CCC[C@H]3C(=O)NC3CCN(C)C3)nc3c2CCC3)n[nH]1. The van der Waals surface area contributed by atoms with E-state index in [-0.39, 0.29) is 18.0 Å². The van der Waals surface area contributed by atoms with Crippen LogP contribution < -0.4 is 15.5 Å². The lowest BCUT2D eigenvalue weighted by Gasteiger charge is -2.26. The van der Waals surface area contributed by atoms with Crippen molar-refractivity contribution in [2.45, 2.75) is 70.4 Å². The van der Waals surface area contributed by atoms with Crippen LogP contribution in [0, 0.1) is 0 Å². The summed E-state index contributed by atoms with van der Waals surface area (Å²) >= 11 is 0. The Labute approximate surface area is 189 Å². The van der Waals surface area contributed by atoms with Crippen molar-refractivity contribution in [3.05, 3.63) is 23.0 Å². The number of nitrogens with one attached hydrogen (secondary N) is 3. The molecule has 172 valence electrons. The summed E-state index contributed by atoms with van der Waals surface area (Å²) in [6, 6.07) is 2.08. The van der Waals surface area contributed by atoms with Crippen molar-refractivity contribution < 1.29 is 4.79 Å².